The predicted octanol–water partition coefficient (Wildman–Crippen LogP) is 2.52. The molecule has 0 bridgehead atoms. The topological polar surface area (TPSA) is 103 Å². The predicted molar refractivity (Wildman–Crippen MR) is 94.3 cm³/mol. The van der Waals surface area contributed by atoms with Crippen LogP contribution in [0.4, 0.5) is 0 Å². The minimum atomic E-state index is -3.63. The van der Waals surface area contributed by atoms with Crippen molar-refractivity contribution < 1.29 is 27.2 Å². The minimum absolute atomic E-state index is 0.0692. The Balaban J connectivity index is 1.76. The second-order valence-electron chi connectivity index (χ2n) is 5.49. The molecule has 0 saturated heterocycles. The summed E-state index contributed by atoms with van der Waals surface area (Å²) in [7, 11) is -3.63. The van der Waals surface area contributed by atoms with E-state index in [1.807, 2.05) is 0 Å². The number of halogens is 1. The van der Waals surface area contributed by atoms with E-state index in [-0.39, 0.29) is 17.4 Å². The van der Waals surface area contributed by atoms with Gasteiger partial charge in [-0.25, -0.2) is 8.42 Å². The Morgan fingerprint density at radius 3 is 2.54 bits per heavy atom. The highest BCUT2D eigenvalue weighted by Crippen LogP contribution is 2.16. The fraction of sp³-hybridized carbons (Fsp3) is 0.294. The number of rotatable bonds is 8. The molecule has 2 aromatic rings. The van der Waals surface area contributed by atoms with E-state index in [0.717, 1.165) is 0 Å². The lowest BCUT2D eigenvalue weighted by Gasteiger charge is -2.11. The average molecular weight is 400 g/mol. The van der Waals surface area contributed by atoms with Gasteiger partial charge in [-0.3, -0.25) is 9.59 Å². The lowest BCUT2D eigenvalue weighted by molar-refractivity contribution is -0.148. The van der Waals surface area contributed by atoms with E-state index in [1.165, 1.54) is 30.5 Å². The molecule has 0 spiro atoms. The van der Waals surface area contributed by atoms with Crippen LogP contribution in [0.5, 0.6) is 0 Å². The summed E-state index contributed by atoms with van der Waals surface area (Å²) in [4.78, 5) is 23.5. The minimum Gasteiger partial charge on any atom is -0.467 e. The zero-order valence-electron chi connectivity index (χ0n) is 14.0. The molecule has 9 heteroatoms. The van der Waals surface area contributed by atoms with Gasteiger partial charge in [-0.05, 0) is 43.3 Å². The summed E-state index contributed by atoms with van der Waals surface area (Å²) in [5.74, 6) is -1.14. The Hall–Kier alpha value is -2.32. The molecule has 26 heavy (non-hydrogen) atoms. The van der Waals surface area contributed by atoms with Crippen LogP contribution in [0.3, 0.4) is 0 Å². The fourth-order valence-corrected chi connectivity index (χ4v) is 3.44. The van der Waals surface area contributed by atoms with E-state index in [2.05, 4.69) is 5.32 Å². The summed E-state index contributed by atoms with van der Waals surface area (Å²) in [6.07, 6.45) is 1.13. The number of furan rings is 1. The second-order valence-corrected chi connectivity index (χ2v) is 8.03. The van der Waals surface area contributed by atoms with Gasteiger partial charge in [0.25, 0.3) is 5.91 Å². The van der Waals surface area contributed by atoms with Crippen LogP contribution in [-0.4, -0.2) is 32.7 Å². The molecule has 1 aromatic carbocycles. The third-order valence-corrected chi connectivity index (χ3v) is 5.44. The van der Waals surface area contributed by atoms with Gasteiger partial charge >= 0.3 is 5.97 Å². The van der Waals surface area contributed by atoms with E-state index < -0.39 is 34.1 Å². The van der Waals surface area contributed by atoms with Crippen LogP contribution >= 0.6 is 11.6 Å². The molecular weight excluding hydrogens is 382 g/mol. The Bertz CT molecular complexity index is 846. The zero-order chi connectivity index (χ0) is 19.2. The molecule has 1 heterocycles. The van der Waals surface area contributed by atoms with E-state index in [4.69, 9.17) is 20.8 Å². The molecule has 2 rings (SSSR count). The van der Waals surface area contributed by atoms with Crippen molar-refractivity contribution in [3.05, 3.63) is 53.4 Å². The highest BCUT2D eigenvalue weighted by atomic mass is 35.5. The van der Waals surface area contributed by atoms with Gasteiger partial charge < -0.3 is 14.5 Å². The van der Waals surface area contributed by atoms with Gasteiger partial charge in [0.1, 0.15) is 5.76 Å². The maximum atomic E-state index is 12.1. The van der Waals surface area contributed by atoms with Gasteiger partial charge in [0.2, 0.25) is 0 Å². The SMILES string of the molecule is C[C@@H](NC(=O)COC(=O)CCS(=O)(=O)c1ccc(Cl)cc1)c1ccco1. The third-order valence-electron chi connectivity index (χ3n) is 3.46. The van der Waals surface area contributed by atoms with Gasteiger partial charge in [0.05, 0.1) is 29.4 Å². The number of carbonyl (C=O) groups excluding carboxylic acids is 2. The smallest absolute Gasteiger partial charge is 0.307 e. The fourth-order valence-electron chi connectivity index (χ4n) is 2.09. The van der Waals surface area contributed by atoms with E-state index in [9.17, 15) is 18.0 Å². The number of nitrogens with one attached hydrogen (secondary N) is 1. The first-order valence-corrected chi connectivity index (χ1v) is 9.77. The molecule has 0 aliphatic rings. The van der Waals surface area contributed by atoms with Crippen molar-refractivity contribution in [1.29, 1.82) is 0 Å². The summed E-state index contributed by atoms with van der Waals surface area (Å²) in [6, 6.07) is 8.67. The number of benzene rings is 1. The second kappa shape index (κ2) is 8.86. The van der Waals surface area contributed by atoms with Crippen LogP contribution in [0.1, 0.15) is 25.1 Å². The summed E-state index contributed by atoms with van der Waals surface area (Å²) in [5.41, 5.74) is 0. The molecule has 0 fully saturated rings. The molecule has 0 aliphatic heterocycles. The van der Waals surface area contributed by atoms with Crippen molar-refractivity contribution in [1.82, 2.24) is 5.32 Å². The summed E-state index contributed by atoms with van der Waals surface area (Å²) in [6.45, 7) is 1.22. The number of ether oxygens (including phenoxy) is 1. The number of carbonyl (C=O) groups is 2. The molecule has 0 unspecified atom stereocenters. The van der Waals surface area contributed by atoms with Crippen LogP contribution in [0.25, 0.3) is 0 Å². The zero-order valence-corrected chi connectivity index (χ0v) is 15.5. The van der Waals surface area contributed by atoms with E-state index in [0.29, 0.717) is 10.8 Å². The number of sulfone groups is 1. The lowest BCUT2D eigenvalue weighted by Crippen LogP contribution is -2.31. The van der Waals surface area contributed by atoms with Crippen molar-refractivity contribution in [2.75, 3.05) is 12.4 Å². The van der Waals surface area contributed by atoms with Gasteiger partial charge in [0.15, 0.2) is 16.4 Å². The normalized spacial score (nSPS) is 12.4. The molecule has 0 saturated carbocycles. The molecule has 140 valence electrons. The molecule has 1 atom stereocenters. The van der Waals surface area contributed by atoms with Crippen molar-refractivity contribution in [2.24, 2.45) is 0 Å². The van der Waals surface area contributed by atoms with Crippen LogP contribution in [-0.2, 0) is 24.2 Å². The molecule has 0 radical (unpaired) electrons. The van der Waals surface area contributed by atoms with Gasteiger partial charge in [-0.15, -0.1) is 0 Å². The Morgan fingerprint density at radius 2 is 1.92 bits per heavy atom. The highest BCUT2D eigenvalue weighted by Gasteiger charge is 2.18. The summed E-state index contributed by atoms with van der Waals surface area (Å²) in [5, 5.41) is 3.02. The van der Waals surface area contributed by atoms with E-state index >= 15 is 0 Å². The monoisotopic (exact) mass is 399 g/mol. The Labute approximate surface area is 156 Å². The lowest BCUT2D eigenvalue weighted by atomic mass is 10.2. The van der Waals surface area contributed by atoms with Crippen LogP contribution in [0.15, 0.2) is 52.0 Å². The third kappa shape index (κ3) is 5.89. The van der Waals surface area contributed by atoms with Crippen molar-refractivity contribution in [3.63, 3.8) is 0 Å². The molecule has 1 aromatic heterocycles. The molecule has 1 N–H and O–H groups in total. The van der Waals surface area contributed by atoms with Crippen LogP contribution in [0, 0.1) is 0 Å². The largest absolute Gasteiger partial charge is 0.467 e. The van der Waals surface area contributed by atoms with Crippen molar-refractivity contribution in [2.45, 2.75) is 24.3 Å². The molecule has 7 nitrogen and oxygen atoms in total. The van der Waals surface area contributed by atoms with Gasteiger partial charge in [0, 0.05) is 5.02 Å². The maximum Gasteiger partial charge on any atom is 0.307 e. The number of hydrogen-bond donors (Lipinski definition) is 1. The molecule has 1 amide bonds. The Kier molecular flexibility index (Phi) is 6.82. The first-order valence-electron chi connectivity index (χ1n) is 7.74. The summed E-state index contributed by atoms with van der Waals surface area (Å²) < 4.78 is 34.2. The van der Waals surface area contributed by atoms with Crippen LogP contribution in [0.2, 0.25) is 5.02 Å². The number of amides is 1. The number of hydrogen-bond acceptors (Lipinski definition) is 6. The van der Waals surface area contributed by atoms with Gasteiger partial charge in [-0.1, -0.05) is 11.6 Å². The standard InChI is InChI=1S/C17H18ClNO6S/c1-12(15-3-2-9-24-15)19-16(20)11-25-17(21)8-10-26(22,23)14-6-4-13(18)5-7-14/h2-7,9,12H,8,10-11H2,1H3,(H,19,20)/t12-/m1/s1. The van der Waals surface area contributed by atoms with Gasteiger partial charge in [-0.2, -0.15) is 0 Å². The first-order chi connectivity index (χ1) is 12.3. The van der Waals surface area contributed by atoms with Crippen molar-refractivity contribution in [3.8, 4) is 0 Å². The maximum absolute atomic E-state index is 12.1. The van der Waals surface area contributed by atoms with Crippen molar-refractivity contribution >= 4 is 33.3 Å². The number of esters is 1. The first kappa shape index (κ1) is 20.0. The van der Waals surface area contributed by atoms with Crippen LogP contribution < -0.4 is 5.32 Å². The molecular formula is C17H18ClNO6S. The summed E-state index contributed by atoms with van der Waals surface area (Å²) >= 11 is 5.72. The Morgan fingerprint density at radius 1 is 1.23 bits per heavy atom. The average Bonchev–Trinajstić information content (AvgIpc) is 3.13. The van der Waals surface area contributed by atoms with E-state index in [1.54, 1.807) is 19.1 Å². The highest BCUT2D eigenvalue weighted by molar-refractivity contribution is 7.91. The quantitative estimate of drug-likeness (QED) is 0.684. The molecule has 0 aliphatic carbocycles.